The quantitative estimate of drug-likeness (QED) is 0.513. The summed E-state index contributed by atoms with van der Waals surface area (Å²) >= 11 is 0. The Morgan fingerprint density at radius 1 is 1.18 bits per heavy atom. The third-order valence-electron chi connectivity index (χ3n) is 3.71. The SMILES string of the molecule is CC(C)N(CCNCC[N+](C)(C)C)C1CCC1. The van der Waals surface area contributed by atoms with Gasteiger partial charge in [0.05, 0.1) is 27.7 Å². The first-order chi connectivity index (χ1) is 7.90. The molecule has 0 atom stereocenters. The first kappa shape index (κ1) is 14.9. The highest BCUT2D eigenvalue weighted by atomic mass is 15.3. The van der Waals surface area contributed by atoms with Gasteiger partial charge >= 0.3 is 0 Å². The summed E-state index contributed by atoms with van der Waals surface area (Å²) in [6.45, 7) is 9.31. The summed E-state index contributed by atoms with van der Waals surface area (Å²) in [5.41, 5.74) is 0. The van der Waals surface area contributed by atoms with E-state index in [0.29, 0.717) is 6.04 Å². The summed E-state index contributed by atoms with van der Waals surface area (Å²) in [6, 6.07) is 1.57. The molecule has 102 valence electrons. The van der Waals surface area contributed by atoms with E-state index < -0.39 is 0 Å². The number of hydrogen-bond acceptors (Lipinski definition) is 2. The molecule has 1 fully saturated rings. The molecule has 17 heavy (non-hydrogen) atoms. The molecule has 0 aromatic heterocycles. The maximum absolute atomic E-state index is 3.57. The minimum Gasteiger partial charge on any atom is -0.330 e. The van der Waals surface area contributed by atoms with Crippen LogP contribution >= 0.6 is 0 Å². The fourth-order valence-corrected chi connectivity index (χ4v) is 2.33. The van der Waals surface area contributed by atoms with E-state index in [-0.39, 0.29) is 0 Å². The molecule has 0 aromatic carbocycles. The summed E-state index contributed by atoms with van der Waals surface area (Å²) in [4.78, 5) is 2.67. The molecule has 1 saturated carbocycles. The molecule has 0 bridgehead atoms. The van der Waals surface area contributed by atoms with Crippen molar-refractivity contribution in [1.82, 2.24) is 10.2 Å². The summed E-state index contributed by atoms with van der Waals surface area (Å²) in [6.07, 6.45) is 4.26. The second-order valence-corrected chi connectivity index (χ2v) is 6.68. The van der Waals surface area contributed by atoms with E-state index in [1.165, 1.54) is 32.4 Å². The Morgan fingerprint density at radius 2 is 1.82 bits per heavy atom. The van der Waals surface area contributed by atoms with E-state index in [2.05, 4.69) is 45.2 Å². The van der Waals surface area contributed by atoms with Gasteiger partial charge in [0, 0.05) is 31.7 Å². The number of hydrogen-bond donors (Lipinski definition) is 1. The first-order valence-electron chi connectivity index (χ1n) is 7.17. The van der Waals surface area contributed by atoms with Crippen molar-refractivity contribution in [3.05, 3.63) is 0 Å². The maximum Gasteiger partial charge on any atom is 0.0907 e. The lowest BCUT2D eigenvalue weighted by molar-refractivity contribution is -0.869. The van der Waals surface area contributed by atoms with Gasteiger partial charge in [0.2, 0.25) is 0 Å². The van der Waals surface area contributed by atoms with Crippen LogP contribution in [-0.2, 0) is 0 Å². The van der Waals surface area contributed by atoms with Crippen LogP contribution in [0, 0.1) is 0 Å². The minimum atomic E-state index is 0.695. The third-order valence-corrected chi connectivity index (χ3v) is 3.71. The molecule has 0 unspecified atom stereocenters. The van der Waals surface area contributed by atoms with E-state index in [9.17, 15) is 0 Å². The zero-order chi connectivity index (χ0) is 12.9. The van der Waals surface area contributed by atoms with E-state index in [1.54, 1.807) is 0 Å². The number of rotatable bonds is 8. The monoisotopic (exact) mass is 242 g/mol. The third kappa shape index (κ3) is 5.84. The average Bonchev–Trinajstić information content (AvgIpc) is 2.10. The molecule has 0 amide bonds. The van der Waals surface area contributed by atoms with Crippen LogP contribution in [0.3, 0.4) is 0 Å². The van der Waals surface area contributed by atoms with Crippen LogP contribution in [-0.4, -0.2) is 68.8 Å². The Labute approximate surface area is 108 Å². The molecule has 1 N–H and O–H groups in total. The Morgan fingerprint density at radius 3 is 2.24 bits per heavy atom. The Balaban J connectivity index is 2.10. The van der Waals surface area contributed by atoms with Crippen molar-refractivity contribution in [3.63, 3.8) is 0 Å². The molecule has 0 aliphatic heterocycles. The smallest absolute Gasteiger partial charge is 0.0907 e. The fourth-order valence-electron chi connectivity index (χ4n) is 2.33. The second kappa shape index (κ2) is 6.72. The summed E-state index contributed by atoms with van der Waals surface area (Å²) in [5.74, 6) is 0. The van der Waals surface area contributed by atoms with Crippen molar-refractivity contribution in [2.24, 2.45) is 0 Å². The lowest BCUT2D eigenvalue weighted by Crippen LogP contribution is -2.48. The lowest BCUT2D eigenvalue weighted by Gasteiger charge is -2.40. The largest absolute Gasteiger partial charge is 0.330 e. The molecule has 0 heterocycles. The topological polar surface area (TPSA) is 15.3 Å². The molecule has 1 rings (SSSR count). The average molecular weight is 242 g/mol. The van der Waals surface area contributed by atoms with Gasteiger partial charge in [-0.3, -0.25) is 4.90 Å². The molecular formula is C14H32N3+. The van der Waals surface area contributed by atoms with E-state index in [0.717, 1.165) is 23.6 Å². The molecule has 3 heteroatoms. The van der Waals surface area contributed by atoms with Gasteiger partial charge in [0.25, 0.3) is 0 Å². The standard InChI is InChI=1S/C14H32N3/c1-13(2)16(14-7-6-8-14)11-9-15-10-12-17(3,4)5/h13-15H,6-12H2,1-5H3/q+1. The molecule has 1 aliphatic rings. The highest BCUT2D eigenvalue weighted by molar-refractivity contribution is 4.82. The molecule has 0 spiro atoms. The van der Waals surface area contributed by atoms with Crippen molar-refractivity contribution in [1.29, 1.82) is 0 Å². The molecule has 0 aromatic rings. The predicted molar refractivity (Wildman–Crippen MR) is 75.3 cm³/mol. The Bertz CT molecular complexity index is 204. The highest BCUT2D eigenvalue weighted by Crippen LogP contribution is 2.25. The van der Waals surface area contributed by atoms with E-state index >= 15 is 0 Å². The van der Waals surface area contributed by atoms with Crippen molar-refractivity contribution < 1.29 is 4.48 Å². The fraction of sp³-hybridized carbons (Fsp3) is 1.00. The number of quaternary nitrogens is 1. The van der Waals surface area contributed by atoms with Crippen LogP contribution in [0.4, 0.5) is 0 Å². The van der Waals surface area contributed by atoms with Gasteiger partial charge in [-0.15, -0.1) is 0 Å². The highest BCUT2D eigenvalue weighted by Gasteiger charge is 2.26. The zero-order valence-electron chi connectivity index (χ0n) is 12.5. The first-order valence-corrected chi connectivity index (χ1v) is 7.17. The van der Waals surface area contributed by atoms with Crippen LogP contribution < -0.4 is 5.32 Å². The van der Waals surface area contributed by atoms with E-state index in [4.69, 9.17) is 0 Å². The van der Waals surface area contributed by atoms with Crippen molar-refractivity contribution in [2.75, 3.05) is 47.3 Å². The van der Waals surface area contributed by atoms with Gasteiger partial charge in [-0.05, 0) is 26.7 Å². The van der Waals surface area contributed by atoms with Crippen molar-refractivity contribution in [3.8, 4) is 0 Å². The van der Waals surface area contributed by atoms with Crippen molar-refractivity contribution in [2.45, 2.75) is 45.2 Å². The second-order valence-electron chi connectivity index (χ2n) is 6.68. The van der Waals surface area contributed by atoms with Gasteiger partial charge in [0.1, 0.15) is 0 Å². The number of nitrogens with zero attached hydrogens (tertiary/aromatic N) is 2. The zero-order valence-corrected chi connectivity index (χ0v) is 12.5. The molecule has 1 aliphatic carbocycles. The lowest BCUT2D eigenvalue weighted by atomic mass is 9.90. The minimum absolute atomic E-state index is 0.695. The normalized spacial score (nSPS) is 17.8. The number of likely N-dealkylation sites (N-methyl/N-ethyl adjacent to an activating group) is 1. The Hall–Kier alpha value is -0.120. The summed E-state index contributed by atoms with van der Waals surface area (Å²) in [5, 5.41) is 3.57. The Kier molecular flexibility index (Phi) is 5.90. The summed E-state index contributed by atoms with van der Waals surface area (Å²) < 4.78 is 1.05. The van der Waals surface area contributed by atoms with Crippen LogP contribution in [0.2, 0.25) is 0 Å². The van der Waals surface area contributed by atoms with Crippen LogP contribution in [0.25, 0.3) is 0 Å². The van der Waals surface area contributed by atoms with Gasteiger partial charge in [-0.1, -0.05) is 6.42 Å². The molecular weight excluding hydrogens is 210 g/mol. The van der Waals surface area contributed by atoms with Gasteiger partial charge in [-0.25, -0.2) is 0 Å². The van der Waals surface area contributed by atoms with Gasteiger partial charge in [0.15, 0.2) is 0 Å². The van der Waals surface area contributed by atoms with E-state index in [1.807, 2.05) is 0 Å². The maximum atomic E-state index is 3.57. The van der Waals surface area contributed by atoms with Crippen LogP contribution in [0.5, 0.6) is 0 Å². The van der Waals surface area contributed by atoms with Crippen molar-refractivity contribution >= 4 is 0 Å². The molecule has 0 radical (unpaired) electrons. The predicted octanol–water partition coefficient (Wildman–Crippen LogP) is 1.55. The summed E-state index contributed by atoms with van der Waals surface area (Å²) in [7, 11) is 6.74. The van der Waals surface area contributed by atoms with Gasteiger partial charge in [-0.2, -0.15) is 0 Å². The number of nitrogens with one attached hydrogen (secondary N) is 1. The van der Waals surface area contributed by atoms with Crippen LogP contribution in [0.1, 0.15) is 33.1 Å². The van der Waals surface area contributed by atoms with Crippen LogP contribution in [0.15, 0.2) is 0 Å². The molecule has 3 nitrogen and oxygen atoms in total. The molecule has 0 saturated heterocycles. The van der Waals surface area contributed by atoms with Gasteiger partial charge < -0.3 is 9.80 Å².